The molecule has 5 N–H and O–H groups in total. The summed E-state index contributed by atoms with van der Waals surface area (Å²) in [6.07, 6.45) is 17.3. The predicted octanol–water partition coefficient (Wildman–Crippen LogP) is 9.38. The summed E-state index contributed by atoms with van der Waals surface area (Å²) in [6.45, 7) is 12.9. The molecule has 10 atom stereocenters. The fraction of sp³-hybridized carbons (Fsp3) is 0.816. The third-order valence-corrected chi connectivity index (χ3v) is 13.6. The van der Waals surface area contributed by atoms with E-state index in [1.54, 1.807) is 18.2 Å². The Labute approximate surface area is 267 Å². The van der Waals surface area contributed by atoms with Gasteiger partial charge in [0.15, 0.2) is 0 Å². The predicted molar refractivity (Wildman–Crippen MR) is 179 cm³/mol. The quantitative estimate of drug-likeness (QED) is 0.0715. The normalized spacial score (nSPS) is 36.2. The van der Waals surface area contributed by atoms with Gasteiger partial charge in [0.05, 0.1) is 18.3 Å². The summed E-state index contributed by atoms with van der Waals surface area (Å²) in [4.78, 5) is 17.6. The Morgan fingerprint density at radius 2 is 1.59 bits per heavy atom. The molecule has 4 aliphatic carbocycles. The maximum Gasteiger partial charge on any atom is 0.338 e. The van der Waals surface area contributed by atoms with Gasteiger partial charge in [0.2, 0.25) is 0 Å². The number of nitrogen functional groups attached to an aromatic ring is 2. The number of ether oxygens (including phenoxy) is 1. The van der Waals surface area contributed by atoms with Gasteiger partial charge in [-0.25, -0.2) is 9.68 Å². The van der Waals surface area contributed by atoms with Gasteiger partial charge in [-0.15, -0.1) is 0 Å². The van der Waals surface area contributed by atoms with Gasteiger partial charge in [-0.2, -0.15) is 0 Å². The summed E-state index contributed by atoms with van der Waals surface area (Å²) in [5.41, 5.74) is 13.8. The maximum atomic E-state index is 12.5. The standard InChI is InChI=1S/C38H62N2O4/c1-24(2)8-6-9-25(3)32-13-14-33-31-12-11-28-20-26(15-17-37(28,4)34(31)16-18-38(32,33)5)35(44-42)10-7-19-43-36(41)27-21-29(39)23-30(40)22-27/h21-26,28,31-35,42H,6-20,39-40H2,1-5H3. The topological polar surface area (TPSA) is 108 Å². The number of benzene rings is 1. The van der Waals surface area contributed by atoms with Gasteiger partial charge in [0.25, 0.3) is 0 Å². The number of rotatable bonds is 12. The smallest absolute Gasteiger partial charge is 0.338 e. The number of hydrogen-bond acceptors (Lipinski definition) is 6. The van der Waals surface area contributed by atoms with Crippen LogP contribution in [0, 0.1) is 58.2 Å². The van der Waals surface area contributed by atoms with Crippen molar-refractivity contribution in [2.45, 2.75) is 131 Å². The highest BCUT2D eigenvalue weighted by Gasteiger charge is 2.60. The van der Waals surface area contributed by atoms with Crippen molar-refractivity contribution >= 4 is 17.3 Å². The average molecular weight is 611 g/mol. The summed E-state index contributed by atoms with van der Waals surface area (Å²) in [7, 11) is 0. The SMILES string of the molecule is CC(C)CCCC(C)C1CCC2C3CCC4CC(C(CCCOC(=O)c5cc(N)cc(N)c5)OO)CCC4(C)C3CCC12C. The molecule has 4 aliphatic rings. The first-order valence-electron chi connectivity index (χ1n) is 18.1. The van der Waals surface area contributed by atoms with E-state index in [1.807, 2.05) is 0 Å². The van der Waals surface area contributed by atoms with Gasteiger partial charge >= 0.3 is 5.97 Å². The van der Waals surface area contributed by atoms with Gasteiger partial charge in [-0.05, 0) is 147 Å². The molecule has 0 amide bonds. The summed E-state index contributed by atoms with van der Waals surface area (Å²) in [5.74, 6) is 5.89. The molecule has 0 heterocycles. The number of carbonyl (C=O) groups excluding carboxylic acids is 1. The zero-order valence-electron chi connectivity index (χ0n) is 28.4. The van der Waals surface area contributed by atoms with Crippen molar-refractivity contribution in [2.75, 3.05) is 18.1 Å². The second-order valence-electron chi connectivity index (χ2n) is 16.5. The second-order valence-corrected chi connectivity index (χ2v) is 16.5. The minimum Gasteiger partial charge on any atom is -0.462 e. The highest BCUT2D eigenvalue weighted by atomic mass is 17.1. The molecule has 0 radical (unpaired) electrons. The molecule has 6 nitrogen and oxygen atoms in total. The van der Waals surface area contributed by atoms with E-state index in [4.69, 9.17) is 21.1 Å². The largest absolute Gasteiger partial charge is 0.462 e. The molecule has 10 unspecified atom stereocenters. The highest BCUT2D eigenvalue weighted by Crippen LogP contribution is 2.68. The van der Waals surface area contributed by atoms with E-state index in [0.29, 0.717) is 52.4 Å². The van der Waals surface area contributed by atoms with E-state index in [9.17, 15) is 10.1 Å². The summed E-state index contributed by atoms with van der Waals surface area (Å²) in [6, 6.07) is 4.78. The number of nitrogens with two attached hydrogens (primary N) is 2. The summed E-state index contributed by atoms with van der Waals surface area (Å²) >= 11 is 0. The monoisotopic (exact) mass is 610 g/mol. The van der Waals surface area contributed by atoms with Crippen LogP contribution in [-0.4, -0.2) is 23.9 Å². The van der Waals surface area contributed by atoms with Crippen LogP contribution in [0.1, 0.15) is 135 Å². The number of carbonyl (C=O) groups is 1. The van der Waals surface area contributed by atoms with Crippen molar-refractivity contribution in [3.63, 3.8) is 0 Å². The third kappa shape index (κ3) is 6.82. The molecule has 248 valence electrons. The number of anilines is 2. The molecular formula is C38H62N2O4. The van der Waals surface area contributed by atoms with Crippen LogP contribution in [0.4, 0.5) is 11.4 Å². The first-order valence-corrected chi connectivity index (χ1v) is 18.1. The zero-order valence-corrected chi connectivity index (χ0v) is 28.4. The van der Waals surface area contributed by atoms with Crippen LogP contribution in [0.15, 0.2) is 18.2 Å². The Morgan fingerprint density at radius 1 is 0.886 bits per heavy atom. The van der Waals surface area contributed by atoms with E-state index in [1.165, 1.54) is 64.2 Å². The molecule has 44 heavy (non-hydrogen) atoms. The van der Waals surface area contributed by atoms with E-state index in [0.717, 1.165) is 48.3 Å². The fourth-order valence-electron chi connectivity index (χ4n) is 11.4. The van der Waals surface area contributed by atoms with E-state index < -0.39 is 5.97 Å². The van der Waals surface area contributed by atoms with Crippen molar-refractivity contribution in [3.05, 3.63) is 23.8 Å². The average Bonchev–Trinajstić information content (AvgIpc) is 3.33. The van der Waals surface area contributed by atoms with Crippen LogP contribution in [0.3, 0.4) is 0 Å². The molecule has 6 heteroatoms. The van der Waals surface area contributed by atoms with Crippen molar-refractivity contribution in [2.24, 2.45) is 58.2 Å². The molecule has 0 spiro atoms. The highest BCUT2D eigenvalue weighted by molar-refractivity contribution is 5.91. The Morgan fingerprint density at radius 3 is 2.30 bits per heavy atom. The minimum atomic E-state index is -0.423. The fourth-order valence-corrected chi connectivity index (χ4v) is 11.4. The molecule has 0 aromatic heterocycles. The zero-order chi connectivity index (χ0) is 31.6. The van der Waals surface area contributed by atoms with Gasteiger partial charge in [0.1, 0.15) is 0 Å². The molecule has 4 fully saturated rings. The summed E-state index contributed by atoms with van der Waals surface area (Å²) in [5, 5.41) is 9.92. The molecule has 5 rings (SSSR count). The first-order chi connectivity index (χ1) is 21.0. The second kappa shape index (κ2) is 13.9. The lowest BCUT2D eigenvalue weighted by Gasteiger charge is -2.61. The Bertz CT molecular complexity index is 1100. The van der Waals surface area contributed by atoms with Crippen LogP contribution in [0.2, 0.25) is 0 Å². The van der Waals surface area contributed by atoms with Gasteiger partial charge < -0.3 is 16.2 Å². The third-order valence-electron chi connectivity index (χ3n) is 13.6. The molecule has 0 bridgehead atoms. The lowest BCUT2D eigenvalue weighted by Crippen LogP contribution is -2.54. The lowest BCUT2D eigenvalue weighted by molar-refractivity contribution is -0.297. The van der Waals surface area contributed by atoms with Gasteiger partial charge in [0, 0.05) is 11.4 Å². The van der Waals surface area contributed by atoms with E-state index in [2.05, 4.69) is 34.6 Å². The van der Waals surface area contributed by atoms with Crippen molar-refractivity contribution < 1.29 is 19.7 Å². The van der Waals surface area contributed by atoms with E-state index >= 15 is 0 Å². The van der Waals surface area contributed by atoms with Crippen molar-refractivity contribution in [3.8, 4) is 0 Å². The van der Waals surface area contributed by atoms with Crippen LogP contribution < -0.4 is 11.5 Å². The number of hydrogen-bond donors (Lipinski definition) is 3. The lowest BCUT2D eigenvalue weighted by atomic mass is 9.43. The molecular weight excluding hydrogens is 548 g/mol. The number of fused-ring (bicyclic) bond motifs is 5. The van der Waals surface area contributed by atoms with Crippen LogP contribution >= 0.6 is 0 Å². The van der Waals surface area contributed by atoms with E-state index in [-0.39, 0.29) is 12.7 Å². The van der Waals surface area contributed by atoms with Crippen LogP contribution in [-0.2, 0) is 9.62 Å². The van der Waals surface area contributed by atoms with Crippen LogP contribution in [0.25, 0.3) is 0 Å². The first kappa shape index (κ1) is 33.6. The van der Waals surface area contributed by atoms with Gasteiger partial charge in [-0.1, -0.05) is 53.9 Å². The number of esters is 1. The Balaban J connectivity index is 1.13. The van der Waals surface area contributed by atoms with Crippen molar-refractivity contribution in [1.29, 1.82) is 0 Å². The van der Waals surface area contributed by atoms with Gasteiger partial charge in [-0.3, -0.25) is 5.26 Å². The Hall–Kier alpha value is -1.79. The minimum absolute atomic E-state index is 0.207. The Kier molecular flexibility index (Phi) is 10.6. The molecule has 4 saturated carbocycles. The maximum absolute atomic E-state index is 12.5. The van der Waals surface area contributed by atoms with Crippen LogP contribution in [0.5, 0.6) is 0 Å². The summed E-state index contributed by atoms with van der Waals surface area (Å²) < 4.78 is 5.49. The molecule has 0 saturated heterocycles. The molecule has 1 aromatic carbocycles. The van der Waals surface area contributed by atoms with Crippen molar-refractivity contribution in [1.82, 2.24) is 0 Å². The molecule has 0 aliphatic heterocycles. The molecule has 1 aromatic rings.